The number of hydrogen-bond acceptors (Lipinski definition) is 5. The lowest BCUT2D eigenvalue weighted by Crippen LogP contribution is -2.52. The van der Waals surface area contributed by atoms with Gasteiger partial charge in [0, 0.05) is 25.0 Å². The zero-order valence-electron chi connectivity index (χ0n) is 23.8. The van der Waals surface area contributed by atoms with Crippen molar-refractivity contribution in [3.63, 3.8) is 0 Å². The van der Waals surface area contributed by atoms with Crippen LogP contribution in [0.1, 0.15) is 85.5 Å². The van der Waals surface area contributed by atoms with Crippen molar-refractivity contribution in [1.29, 1.82) is 0 Å². The Morgan fingerprint density at radius 2 is 2.00 bits per heavy atom. The fourth-order valence-electron chi connectivity index (χ4n) is 10.3. The summed E-state index contributed by atoms with van der Waals surface area (Å²) in [6.07, 6.45) is 12.9. The number of rotatable bonds is 5. The average Bonchev–Trinajstić information content (AvgIpc) is 3.32. The van der Waals surface area contributed by atoms with E-state index in [4.69, 9.17) is 14.6 Å². The number of aliphatic hydroxyl groups excluding tert-OH is 2. The van der Waals surface area contributed by atoms with E-state index in [1.54, 1.807) is 16.7 Å². The molecule has 4 aliphatic carbocycles. The maximum atomic E-state index is 10.3. The molecular weight excluding hydrogens is 462 g/mol. The Hall–Kier alpha value is -0.720. The summed E-state index contributed by atoms with van der Waals surface area (Å²) in [4.78, 5) is 2.66. The molecule has 0 bridgehead atoms. The number of nitrogens with zero attached hydrogens (tertiary/aromatic N) is 1. The molecule has 0 aromatic carbocycles. The first kappa shape index (κ1) is 26.5. The maximum Gasteiger partial charge on any atom is 0.0765 e. The Morgan fingerprint density at radius 3 is 2.81 bits per heavy atom. The second-order valence-corrected chi connectivity index (χ2v) is 14.0. The van der Waals surface area contributed by atoms with E-state index >= 15 is 0 Å². The normalized spacial score (nSPS) is 47.8. The van der Waals surface area contributed by atoms with Crippen LogP contribution in [0.15, 0.2) is 22.8 Å². The molecule has 6 rings (SSSR count). The van der Waals surface area contributed by atoms with Crippen LogP contribution in [0.25, 0.3) is 0 Å². The largest absolute Gasteiger partial charge is 0.394 e. The first-order chi connectivity index (χ1) is 17.8. The average molecular weight is 514 g/mol. The Kier molecular flexibility index (Phi) is 7.19. The SMILES string of the molecule is CC1=C2CC3C(CCC4=CC(O)CCC43C)C2CCC2(C1)OC1CC(C)CN(CCOCCO)C1C2C. The highest BCUT2D eigenvalue weighted by atomic mass is 16.5. The van der Waals surface area contributed by atoms with Crippen molar-refractivity contribution in [2.24, 2.45) is 35.0 Å². The molecule has 208 valence electrons. The molecule has 10 unspecified atom stereocenters. The molecule has 2 saturated heterocycles. The summed E-state index contributed by atoms with van der Waals surface area (Å²) in [6, 6.07) is 0.479. The summed E-state index contributed by atoms with van der Waals surface area (Å²) in [5, 5.41) is 19.4. The Bertz CT molecular complexity index is 930. The molecule has 2 aliphatic heterocycles. The van der Waals surface area contributed by atoms with E-state index < -0.39 is 0 Å². The van der Waals surface area contributed by atoms with Crippen molar-refractivity contribution in [2.75, 3.05) is 32.9 Å². The molecule has 2 saturated carbocycles. The molecule has 6 aliphatic rings. The molecule has 5 nitrogen and oxygen atoms in total. The summed E-state index contributed by atoms with van der Waals surface area (Å²) in [7, 11) is 0. The van der Waals surface area contributed by atoms with Crippen molar-refractivity contribution in [3.8, 4) is 0 Å². The smallest absolute Gasteiger partial charge is 0.0765 e. The molecular formula is C32H51NO4. The summed E-state index contributed by atoms with van der Waals surface area (Å²) < 4.78 is 12.9. The summed E-state index contributed by atoms with van der Waals surface area (Å²) in [5.41, 5.74) is 5.25. The fraction of sp³-hybridized carbons (Fsp3) is 0.875. The Labute approximate surface area is 224 Å². The van der Waals surface area contributed by atoms with E-state index in [2.05, 4.69) is 38.7 Å². The number of likely N-dealkylation sites (tertiary alicyclic amines) is 1. The maximum absolute atomic E-state index is 10.3. The van der Waals surface area contributed by atoms with Gasteiger partial charge >= 0.3 is 0 Å². The van der Waals surface area contributed by atoms with E-state index in [0.29, 0.717) is 42.6 Å². The number of aliphatic hydroxyl groups is 2. The van der Waals surface area contributed by atoms with Crippen molar-refractivity contribution < 1.29 is 19.7 Å². The van der Waals surface area contributed by atoms with E-state index in [0.717, 1.165) is 50.1 Å². The lowest BCUT2D eigenvalue weighted by atomic mass is 9.56. The molecule has 0 aromatic rings. The molecule has 0 radical (unpaired) electrons. The lowest BCUT2D eigenvalue weighted by Gasteiger charge is -2.49. The van der Waals surface area contributed by atoms with Crippen LogP contribution < -0.4 is 0 Å². The number of ether oxygens (including phenoxy) is 2. The van der Waals surface area contributed by atoms with E-state index in [-0.39, 0.29) is 18.3 Å². The van der Waals surface area contributed by atoms with Gasteiger partial charge in [0.05, 0.1) is 37.6 Å². The Balaban J connectivity index is 1.23. The van der Waals surface area contributed by atoms with Gasteiger partial charge in [-0.3, -0.25) is 4.90 Å². The van der Waals surface area contributed by atoms with Gasteiger partial charge in [0.25, 0.3) is 0 Å². The van der Waals surface area contributed by atoms with Crippen molar-refractivity contribution >= 4 is 0 Å². The van der Waals surface area contributed by atoms with Crippen molar-refractivity contribution in [2.45, 2.75) is 109 Å². The zero-order valence-corrected chi connectivity index (χ0v) is 23.8. The number of hydrogen-bond donors (Lipinski definition) is 2. The van der Waals surface area contributed by atoms with Crippen molar-refractivity contribution in [1.82, 2.24) is 4.90 Å². The highest BCUT2D eigenvalue weighted by molar-refractivity contribution is 5.33. The number of fused-ring (bicyclic) bond motifs is 6. The number of piperidine rings is 1. The van der Waals surface area contributed by atoms with Crippen LogP contribution in [0.2, 0.25) is 0 Å². The lowest BCUT2D eigenvalue weighted by molar-refractivity contribution is -0.0806. The molecule has 2 N–H and O–H groups in total. The van der Waals surface area contributed by atoms with Crippen LogP contribution in [0.4, 0.5) is 0 Å². The van der Waals surface area contributed by atoms with Gasteiger partial charge in [0.15, 0.2) is 0 Å². The second-order valence-electron chi connectivity index (χ2n) is 14.0. The molecule has 5 heteroatoms. The minimum atomic E-state index is -0.222. The van der Waals surface area contributed by atoms with E-state index in [9.17, 15) is 5.11 Å². The standard InChI is InChI=1S/C32H51NO4/c1-20-15-29-30(33(19-20)11-13-36-14-12-34)22(3)32(37-29)10-8-25-26-6-5-23-16-24(35)7-9-31(23,4)28(26)17-27(25)21(2)18-32/h16,20,22,24-26,28-30,34-35H,5-15,17-19H2,1-4H3. The quantitative estimate of drug-likeness (QED) is 0.395. The molecule has 0 amide bonds. The van der Waals surface area contributed by atoms with Gasteiger partial charge in [0.1, 0.15) is 0 Å². The molecule has 2 heterocycles. The Morgan fingerprint density at radius 1 is 1.16 bits per heavy atom. The van der Waals surface area contributed by atoms with Crippen LogP contribution in [0.5, 0.6) is 0 Å². The second kappa shape index (κ2) is 10.0. The topological polar surface area (TPSA) is 62.2 Å². The van der Waals surface area contributed by atoms with Gasteiger partial charge in [-0.2, -0.15) is 0 Å². The molecule has 37 heavy (non-hydrogen) atoms. The van der Waals surface area contributed by atoms with Gasteiger partial charge in [-0.1, -0.05) is 43.6 Å². The molecule has 1 spiro atoms. The van der Waals surface area contributed by atoms with Crippen LogP contribution in [-0.4, -0.2) is 71.9 Å². The predicted octanol–water partition coefficient (Wildman–Crippen LogP) is 5.11. The molecule has 10 atom stereocenters. The van der Waals surface area contributed by atoms with Gasteiger partial charge < -0.3 is 19.7 Å². The third kappa shape index (κ3) is 4.40. The highest BCUT2D eigenvalue weighted by Gasteiger charge is 2.59. The third-order valence-corrected chi connectivity index (χ3v) is 12.0. The predicted molar refractivity (Wildman–Crippen MR) is 146 cm³/mol. The zero-order chi connectivity index (χ0) is 25.9. The van der Waals surface area contributed by atoms with Crippen LogP contribution in [-0.2, 0) is 9.47 Å². The van der Waals surface area contributed by atoms with E-state index in [1.807, 2.05) is 0 Å². The van der Waals surface area contributed by atoms with E-state index in [1.165, 1.54) is 38.5 Å². The monoisotopic (exact) mass is 513 g/mol. The van der Waals surface area contributed by atoms with Gasteiger partial charge in [0.2, 0.25) is 0 Å². The summed E-state index contributed by atoms with van der Waals surface area (Å²) >= 11 is 0. The van der Waals surface area contributed by atoms with Crippen LogP contribution >= 0.6 is 0 Å². The highest BCUT2D eigenvalue weighted by Crippen LogP contribution is 2.64. The third-order valence-electron chi connectivity index (χ3n) is 12.0. The minimum Gasteiger partial charge on any atom is -0.394 e. The van der Waals surface area contributed by atoms with Gasteiger partial charge in [-0.05, 0) is 93.8 Å². The first-order valence-electron chi connectivity index (χ1n) is 15.4. The summed E-state index contributed by atoms with van der Waals surface area (Å²) in [6.45, 7) is 13.1. The number of allylic oxidation sites excluding steroid dienone is 2. The molecule has 0 aromatic heterocycles. The van der Waals surface area contributed by atoms with Crippen LogP contribution in [0, 0.1) is 35.0 Å². The molecule has 4 fully saturated rings. The van der Waals surface area contributed by atoms with Gasteiger partial charge in [-0.15, -0.1) is 0 Å². The minimum absolute atomic E-state index is 0.0287. The van der Waals surface area contributed by atoms with Crippen molar-refractivity contribution in [3.05, 3.63) is 22.8 Å². The summed E-state index contributed by atoms with van der Waals surface area (Å²) in [5.74, 6) is 3.45. The van der Waals surface area contributed by atoms with Crippen LogP contribution in [0.3, 0.4) is 0 Å². The fourth-order valence-corrected chi connectivity index (χ4v) is 10.3. The first-order valence-corrected chi connectivity index (χ1v) is 15.4. The van der Waals surface area contributed by atoms with Gasteiger partial charge in [-0.25, -0.2) is 0 Å².